The third kappa shape index (κ3) is 5.95. The summed E-state index contributed by atoms with van der Waals surface area (Å²) >= 11 is 4.03. The molecule has 1 unspecified atom stereocenters. The van der Waals surface area contributed by atoms with E-state index in [1.165, 1.54) is 0 Å². The lowest BCUT2D eigenvalue weighted by atomic mass is 10.2. The Morgan fingerprint density at radius 1 is 1.70 bits per heavy atom. The first-order valence-corrected chi connectivity index (χ1v) is 4.16. The van der Waals surface area contributed by atoms with E-state index in [0.29, 0.717) is 6.42 Å². The average Bonchev–Trinajstić information content (AvgIpc) is 1.82. The van der Waals surface area contributed by atoms with Crippen LogP contribution in [-0.2, 0) is 4.79 Å². The Hall–Kier alpha value is -0.180. The molecule has 2 nitrogen and oxygen atoms in total. The fraction of sp³-hybridized carbons (Fsp3) is 0.857. The number of rotatable bonds is 4. The predicted molar refractivity (Wildman–Crippen MR) is 46.1 cm³/mol. The summed E-state index contributed by atoms with van der Waals surface area (Å²) in [5.41, 5.74) is 0. The zero-order valence-corrected chi connectivity index (χ0v) is 7.45. The summed E-state index contributed by atoms with van der Waals surface area (Å²) in [6.07, 6.45) is 2.65. The second-order valence-corrected chi connectivity index (χ2v) is 3.12. The minimum atomic E-state index is -0.0237. The molecule has 0 spiro atoms. The van der Waals surface area contributed by atoms with Crippen molar-refractivity contribution in [3.63, 3.8) is 0 Å². The molecule has 0 saturated heterocycles. The van der Waals surface area contributed by atoms with Crippen molar-refractivity contribution in [1.82, 2.24) is 5.32 Å². The lowest BCUT2D eigenvalue weighted by molar-refractivity contribution is -0.121. The third-order valence-electron chi connectivity index (χ3n) is 1.13. The molecule has 0 aliphatic carbocycles. The van der Waals surface area contributed by atoms with Gasteiger partial charge in [0, 0.05) is 6.42 Å². The summed E-state index contributed by atoms with van der Waals surface area (Å²) in [4.78, 5) is 10.9. The molecule has 60 valence electrons. The number of carbonyl (C=O) groups is 1. The maximum atomic E-state index is 10.9. The first kappa shape index (κ1) is 9.82. The Morgan fingerprint density at radius 2 is 2.30 bits per heavy atom. The van der Waals surface area contributed by atoms with Gasteiger partial charge in [0.2, 0.25) is 5.91 Å². The molecular formula is C7H15NOS. The summed E-state index contributed by atoms with van der Waals surface area (Å²) in [6.45, 7) is 3.91. The highest BCUT2D eigenvalue weighted by Gasteiger charge is 2.00. The molecule has 0 aromatic carbocycles. The monoisotopic (exact) mass is 161 g/mol. The van der Waals surface area contributed by atoms with Crippen molar-refractivity contribution in [2.75, 3.05) is 0 Å². The van der Waals surface area contributed by atoms with E-state index in [-0.39, 0.29) is 11.3 Å². The number of carbonyl (C=O) groups excluding carboxylic acids is 1. The van der Waals surface area contributed by atoms with Gasteiger partial charge in [-0.25, -0.2) is 0 Å². The van der Waals surface area contributed by atoms with E-state index in [9.17, 15) is 4.79 Å². The molecule has 0 aromatic heterocycles. The Labute approximate surface area is 67.8 Å². The predicted octanol–water partition coefficient (Wildman–Crippen LogP) is 1.57. The number of hydrogen-bond donors (Lipinski definition) is 2. The zero-order valence-electron chi connectivity index (χ0n) is 6.55. The van der Waals surface area contributed by atoms with E-state index < -0.39 is 0 Å². The summed E-state index contributed by atoms with van der Waals surface area (Å²) in [5.74, 6) is 0.101. The smallest absolute Gasteiger partial charge is 0.220 e. The van der Waals surface area contributed by atoms with Crippen LogP contribution in [0.25, 0.3) is 0 Å². The van der Waals surface area contributed by atoms with Crippen LogP contribution in [0, 0.1) is 0 Å². The fourth-order valence-corrected chi connectivity index (χ4v) is 0.786. The summed E-state index contributed by atoms with van der Waals surface area (Å²) in [6, 6.07) is 0. The van der Waals surface area contributed by atoms with Crippen LogP contribution in [0.3, 0.4) is 0 Å². The molecule has 3 heteroatoms. The van der Waals surface area contributed by atoms with Gasteiger partial charge in [-0.2, -0.15) is 12.6 Å². The average molecular weight is 161 g/mol. The molecule has 0 saturated carbocycles. The van der Waals surface area contributed by atoms with Crippen LogP contribution in [0.1, 0.15) is 33.1 Å². The maximum Gasteiger partial charge on any atom is 0.220 e. The molecule has 0 aliphatic rings. The second-order valence-electron chi connectivity index (χ2n) is 2.35. The Morgan fingerprint density at radius 3 is 2.70 bits per heavy atom. The van der Waals surface area contributed by atoms with Crippen molar-refractivity contribution in [2.24, 2.45) is 0 Å². The first-order chi connectivity index (χ1) is 4.66. The zero-order chi connectivity index (χ0) is 7.98. The number of amides is 1. The Bertz CT molecular complexity index is 104. The minimum Gasteiger partial charge on any atom is -0.345 e. The lowest BCUT2D eigenvalue weighted by Gasteiger charge is -2.05. The summed E-state index contributed by atoms with van der Waals surface area (Å²) in [7, 11) is 0. The number of unbranched alkanes of at least 4 members (excludes halogenated alkanes) is 1. The van der Waals surface area contributed by atoms with Gasteiger partial charge in [0.1, 0.15) is 0 Å². The molecule has 0 radical (unpaired) electrons. The fourth-order valence-electron chi connectivity index (χ4n) is 0.642. The van der Waals surface area contributed by atoms with Crippen LogP contribution in [-0.4, -0.2) is 11.3 Å². The molecule has 10 heavy (non-hydrogen) atoms. The van der Waals surface area contributed by atoms with Gasteiger partial charge in [-0.15, -0.1) is 0 Å². The SMILES string of the molecule is CCCCC(=O)NC(C)S. The van der Waals surface area contributed by atoms with Gasteiger partial charge in [-0.1, -0.05) is 13.3 Å². The largest absolute Gasteiger partial charge is 0.345 e. The normalized spacial score (nSPS) is 12.7. The highest BCUT2D eigenvalue weighted by Crippen LogP contribution is 1.95. The van der Waals surface area contributed by atoms with E-state index in [1.807, 2.05) is 6.92 Å². The molecule has 0 heterocycles. The van der Waals surface area contributed by atoms with Crippen molar-refractivity contribution >= 4 is 18.5 Å². The van der Waals surface area contributed by atoms with Gasteiger partial charge in [0.25, 0.3) is 0 Å². The molecule has 0 rings (SSSR count). The molecule has 0 fully saturated rings. The number of thiol groups is 1. The van der Waals surface area contributed by atoms with Gasteiger partial charge < -0.3 is 5.32 Å². The molecule has 1 amide bonds. The van der Waals surface area contributed by atoms with E-state index in [2.05, 4.69) is 24.9 Å². The van der Waals surface area contributed by atoms with E-state index in [1.54, 1.807) is 0 Å². The Kier molecular flexibility index (Phi) is 5.49. The molecular weight excluding hydrogens is 146 g/mol. The molecule has 1 atom stereocenters. The van der Waals surface area contributed by atoms with Crippen LogP contribution in [0.5, 0.6) is 0 Å². The van der Waals surface area contributed by atoms with Crippen molar-refractivity contribution in [1.29, 1.82) is 0 Å². The van der Waals surface area contributed by atoms with Crippen LogP contribution in [0.2, 0.25) is 0 Å². The van der Waals surface area contributed by atoms with Crippen LogP contribution >= 0.6 is 12.6 Å². The molecule has 0 aromatic rings. The van der Waals surface area contributed by atoms with Crippen molar-refractivity contribution in [3.05, 3.63) is 0 Å². The number of nitrogens with one attached hydrogen (secondary N) is 1. The maximum absolute atomic E-state index is 10.9. The second kappa shape index (κ2) is 5.59. The van der Waals surface area contributed by atoms with Crippen molar-refractivity contribution in [2.45, 2.75) is 38.5 Å². The molecule has 0 bridgehead atoms. The van der Waals surface area contributed by atoms with Gasteiger partial charge in [-0.05, 0) is 13.3 Å². The van der Waals surface area contributed by atoms with E-state index >= 15 is 0 Å². The van der Waals surface area contributed by atoms with Gasteiger partial charge in [0.15, 0.2) is 0 Å². The van der Waals surface area contributed by atoms with Crippen LogP contribution in [0.4, 0.5) is 0 Å². The van der Waals surface area contributed by atoms with Gasteiger partial charge in [-0.3, -0.25) is 4.79 Å². The van der Waals surface area contributed by atoms with Crippen LogP contribution < -0.4 is 5.32 Å². The highest BCUT2D eigenvalue weighted by atomic mass is 32.1. The lowest BCUT2D eigenvalue weighted by Crippen LogP contribution is -2.28. The minimum absolute atomic E-state index is 0.0237. The van der Waals surface area contributed by atoms with Crippen molar-refractivity contribution < 1.29 is 4.79 Å². The molecule has 1 N–H and O–H groups in total. The first-order valence-electron chi connectivity index (χ1n) is 3.64. The van der Waals surface area contributed by atoms with Gasteiger partial charge in [0.05, 0.1) is 5.37 Å². The Balaban J connectivity index is 3.26. The van der Waals surface area contributed by atoms with Gasteiger partial charge >= 0.3 is 0 Å². The van der Waals surface area contributed by atoms with E-state index in [4.69, 9.17) is 0 Å². The quantitative estimate of drug-likeness (QED) is 0.475. The van der Waals surface area contributed by atoms with Crippen LogP contribution in [0.15, 0.2) is 0 Å². The van der Waals surface area contributed by atoms with Crippen molar-refractivity contribution in [3.8, 4) is 0 Å². The molecule has 0 aliphatic heterocycles. The topological polar surface area (TPSA) is 29.1 Å². The summed E-state index contributed by atoms with van der Waals surface area (Å²) in [5, 5.41) is 2.68. The third-order valence-corrected chi connectivity index (χ3v) is 1.26. The summed E-state index contributed by atoms with van der Waals surface area (Å²) < 4.78 is 0. The highest BCUT2D eigenvalue weighted by molar-refractivity contribution is 7.80. The van der Waals surface area contributed by atoms with E-state index in [0.717, 1.165) is 12.8 Å². The number of hydrogen-bond acceptors (Lipinski definition) is 2. The standard InChI is InChI=1S/C7H15NOS/c1-3-4-5-7(9)8-6(2)10/h6,10H,3-5H2,1-2H3,(H,8,9).